The third kappa shape index (κ3) is 2.27. The topological polar surface area (TPSA) is 51.8 Å². The molecule has 1 heterocycles. The van der Waals surface area contributed by atoms with E-state index in [2.05, 4.69) is 25.9 Å². The zero-order valence-electron chi connectivity index (χ0n) is 7.87. The first-order chi connectivity index (χ1) is 7.20. The van der Waals surface area contributed by atoms with Gasteiger partial charge in [0.05, 0.1) is 5.52 Å². The first kappa shape index (κ1) is 10.8. The van der Waals surface area contributed by atoms with Crippen LogP contribution in [0.5, 0.6) is 0 Å². The molecule has 3 nitrogen and oxygen atoms in total. The van der Waals surface area contributed by atoms with Crippen molar-refractivity contribution >= 4 is 38.4 Å². The maximum atomic E-state index is 6.04. The fraction of sp³-hybridized carbons (Fsp3) is 0.200. The van der Waals surface area contributed by atoms with Gasteiger partial charge < -0.3 is 5.73 Å². The lowest BCUT2D eigenvalue weighted by Crippen LogP contribution is -2.06. The van der Waals surface area contributed by atoms with E-state index in [0.29, 0.717) is 23.9 Å². The standard InChI is InChI=1S/C10H9BrClN3/c11-6-1-2-7-8(5-6)14-9(3-4-13)15-10(7)12/h1-2,5H,3-4,13H2. The van der Waals surface area contributed by atoms with Crippen LogP contribution in [0.3, 0.4) is 0 Å². The number of hydrogen-bond donors (Lipinski definition) is 1. The van der Waals surface area contributed by atoms with Crippen molar-refractivity contribution in [3.63, 3.8) is 0 Å². The summed E-state index contributed by atoms with van der Waals surface area (Å²) in [6.45, 7) is 0.524. The smallest absolute Gasteiger partial charge is 0.140 e. The van der Waals surface area contributed by atoms with Crippen LogP contribution in [0.4, 0.5) is 0 Å². The molecule has 2 N–H and O–H groups in total. The van der Waals surface area contributed by atoms with E-state index in [1.165, 1.54) is 0 Å². The van der Waals surface area contributed by atoms with Gasteiger partial charge in [-0.25, -0.2) is 9.97 Å². The van der Waals surface area contributed by atoms with Crippen molar-refractivity contribution in [1.29, 1.82) is 0 Å². The van der Waals surface area contributed by atoms with Crippen LogP contribution in [0.15, 0.2) is 22.7 Å². The van der Waals surface area contributed by atoms with Crippen LogP contribution in [0.25, 0.3) is 10.9 Å². The summed E-state index contributed by atoms with van der Waals surface area (Å²) in [7, 11) is 0. The third-order valence-electron chi connectivity index (χ3n) is 2.03. The summed E-state index contributed by atoms with van der Waals surface area (Å²) in [6.07, 6.45) is 0.641. The quantitative estimate of drug-likeness (QED) is 0.863. The highest BCUT2D eigenvalue weighted by molar-refractivity contribution is 9.10. The molecule has 78 valence electrons. The zero-order valence-corrected chi connectivity index (χ0v) is 10.2. The molecule has 15 heavy (non-hydrogen) atoms. The molecular formula is C10H9BrClN3. The Morgan fingerprint density at radius 1 is 1.33 bits per heavy atom. The molecule has 0 aliphatic rings. The molecule has 0 saturated heterocycles. The molecule has 0 unspecified atom stereocenters. The average molecular weight is 287 g/mol. The predicted octanol–water partition coefficient (Wildman–Crippen LogP) is 2.55. The Hall–Kier alpha value is -0.710. The SMILES string of the molecule is NCCc1nc(Cl)c2ccc(Br)cc2n1. The summed E-state index contributed by atoms with van der Waals surface area (Å²) < 4.78 is 0.975. The Bertz CT molecular complexity index is 501. The molecule has 5 heteroatoms. The van der Waals surface area contributed by atoms with E-state index in [1.807, 2.05) is 18.2 Å². The normalized spacial score (nSPS) is 10.9. The average Bonchev–Trinajstić information content (AvgIpc) is 2.17. The highest BCUT2D eigenvalue weighted by atomic mass is 79.9. The highest BCUT2D eigenvalue weighted by Crippen LogP contribution is 2.23. The number of hydrogen-bond acceptors (Lipinski definition) is 3. The minimum absolute atomic E-state index is 0.482. The van der Waals surface area contributed by atoms with E-state index < -0.39 is 0 Å². The lowest BCUT2D eigenvalue weighted by Gasteiger charge is -2.03. The minimum atomic E-state index is 0.482. The number of benzene rings is 1. The van der Waals surface area contributed by atoms with Gasteiger partial charge in [-0.05, 0) is 24.7 Å². The molecule has 0 radical (unpaired) electrons. The van der Waals surface area contributed by atoms with Gasteiger partial charge in [-0.15, -0.1) is 0 Å². The molecule has 1 aromatic heterocycles. The van der Waals surface area contributed by atoms with Crippen molar-refractivity contribution in [2.24, 2.45) is 5.73 Å². The summed E-state index contributed by atoms with van der Waals surface area (Å²) in [5.74, 6) is 0.688. The Balaban J connectivity index is 2.63. The second-order valence-corrected chi connectivity index (χ2v) is 4.40. The van der Waals surface area contributed by atoms with Crippen LogP contribution < -0.4 is 5.73 Å². The van der Waals surface area contributed by atoms with Gasteiger partial charge in [0.25, 0.3) is 0 Å². The molecular weight excluding hydrogens is 277 g/mol. The number of nitrogens with zero attached hydrogens (tertiary/aromatic N) is 2. The van der Waals surface area contributed by atoms with Gasteiger partial charge in [-0.2, -0.15) is 0 Å². The first-order valence-corrected chi connectivity index (χ1v) is 5.69. The van der Waals surface area contributed by atoms with Gasteiger partial charge >= 0.3 is 0 Å². The van der Waals surface area contributed by atoms with Crippen LogP contribution >= 0.6 is 27.5 Å². The Morgan fingerprint density at radius 2 is 2.13 bits per heavy atom. The molecule has 1 aromatic carbocycles. The fourth-order valence-corrected chi connectivity index (χ4v) is 1.96. The maximum absolute atomic E-state index is 6.04. The molecule has 0 amide bonds. The van der Waals surface area contributed by atoms with Gasteiger partial charge in [-0.1, -0.05) is 27.5 Å². The van der Waals surface area contributed by atoms with Crippen molar-refractivity contribution in [1.82, 2.24) is 9.97 Å². The van der Waals surface area contributed by atoms with Gasteiger partial charge in [0.2, 0.25) is 0 Å². The van der Waals surface area contributed by atoms with Gasteiger partial charge in [-0.3, -0.25) is 0 Å². The largest absolute Gasteiger partial charge is 0.330 e. The van der Waals surface area contributed by atoms with Crippen LogP contribution in [-0.4, -0.2) is 16.5 Å². The van der Waals surface area contributed by atoms with Crippen LogP contribution in [0.1, 0.15) is 5.82 Å². The lowest BCUT2D eigenvalue weighted by molar-refractivity contribution is 0.879. The van der Waals surface area contributed by atoms with Gasteiger partial charge in [0.1, 0.15) is 11.0 Å². The summed E-state index contributed by atoms with van der Waals surface area (Å²) >= 11 is 9.44. The summed E-state index contributed by atoms with van der Waals surface area (Å²) in [5, 5.41) is 1.34. The monoisotopic (exact) mass is 285 g/mol. The van der Waals surface area contributed by atoms with Crippen LogP contribution in [0.2, 0.25) is 5.15 Å². The Kier molecular flexibility index (Phi) is 3.19. The van der Waals surface area contributed by atoms with Crippen molar-refractivity contribution in [3.8, 4) is 0 Å². The van der Waals surface area contributed by atoms with E-state index in [-0.39, 0.29) is 0 Å². The number of nitrogens with two attached hydrogens (primary N) is 1. The zero-order chi connectivity index (χ0) is 10.8. The van der Waals surface area contributed by atoms with Crippen molar-refractivity contribution in [2.75, 3.05) is 6.54 Å². The molecule has 0 atom stereocenters. The summed E-state index contributed by atoms with van der Waals surface area (Å²) in [6, 6.07) is 5.73. The summed E-state index contributed by atoms with van der Waals surface area (Å²) in [4.78, 5) is 8.56. The van der Waals surface area contributed by atoms with E-state index >= 15 is 0 Å². The molecule has 0 aliphatic carbocycles. The number of rotatable bonds is 2. The maximum Gasteiger partial charge on any atom is 0.140 e. The molecule has 2 aromatic rings. The Morgan fingerprint density at radius 3 is 2.87 bits per heavy atom. The van der Waals surface area contributed by atoms with Crippen LogP contribution in [0, 0.1) is 0 Å². The van der Waals surface area contributed by atoms with Crippen molar-refractivity contribution in [2.45, 2.75) is 6.42 Å². The molecule has 0 bridgehead atoms. The van der Waals surface area contributed by atoms with Crippen molar-refractivity contribution < 1.29 is 0 Å². The molecule has 0 saturated carbocycles. The molecule has 2 rings (SSSR count). The van der Waals surface area contributed by atoms with E-state index in [4.69, 9.17) is 17.3 Å². The summed E-state index contributed by atoms with van der Waals surface area (Å²) in [5.41, 5.74) is 6.29. The number of aromatic nitrogens is 2. The fourth-order valence-electron chi connectivity index (χ4n) is 1.35. The van der Waals surface area contributed by atoms with Gasteiger partial charge in [0, 0.05) is 16.3 Å². The highest BCUT2D eigenvalue weighted by Gasteiger charge is 2.05. The molecule has 0 spiro atoms. The van der Waals surface area contributed by atoms with Crippen molar-refractivity contribution in [3.05, 3.63) is 33.6 Å². The first-order valence-electron chi connectivity index (χ1n) is 4.52. The third-order valence-corrected chi connectivity index (χ3v) is 2.81. The second-order valence-electron chi connectivity index (χ2n) is 3.13. The lowest BCUT2D eigenvalue weighted by atomic mass is 10.2. The predicted molar refractivity (Wildman–Crippen MR) is 65.0 cm³/mol. The van der Waals surface area contributed by atoms with E-state index in [1.54, 1.807) is 0 Å². The number of halogens is 2. The Labute approximate surface area is 101 Å². The number of fused-ring (bicyclic) bond motifs is 1. The minimum Gasteiger partial charge on any atom is -0.330 e. The van der Waals surface area contributed by atoms with E-state index in [9.17, 15) is 0 Å². The molecule has 0 fully saturated rings. The molecule has 0 aliphatic heterocycles. The second kappa shape index (κ2) is 4.43. The van der Waals surface area contributed by atoms with Crippen LogP contribution in [-0.2, 0) is 6.42 Å². The van der Waals surface area contributed by atoms with Gasteiger partial charge in [0.15, 0.2) is 0 Å². The van der Waals surface area contributed by atoms with E-state index in [0.717, 1.165) is 15.4 Å².